The van der Waals surface area contributed by atoms with E-state index in [0.717, 1.165) is 11.3 Å². The van der Waals surface area contributed by atoms with Crippen molar-refractivity contribution in [3.05, 3.63) is 48.5 Å². The molecule has 0 aliphatic rings. The number of hydrogen-bond acceptors (Lipinski definition) is 4. The first kappa shape index (κ1) is 10.4. The Labute approximate surface area is 102 Å². The fourth-order valence-electron chi connectivity index (χ4n) is 1.69. The third kappa shape index (κ3) is 1.60. The van der Waals surface area contributed by atoms with Gasteiger partial charge in [0.15, 0.2) is 5.65 Å². The van der Waals surface area contributed by atoms with E-state index in [4.69, 9.17) is 5.11 Å². The number of fused-ring (bicyclic) bond motifs is 1. The Morgan fingerprint density at radius 2 is 2.11 bits per heavy atom. The fraction of sp³-hybridized carbons (Fsp3) is 0. The summed E-state index contributed by atoms with van der Waals surface area (Å²) in [6.45, 7) is 0. The standard InChI is InChI=1S/C12H8N4O2/c17-12(18)9-6-15-16-7-8(5-14-11(9)16)10-3-1-2-4-13-10/h1-7H,(H,17,18). The summed E-state index contributed by atoms with van der Waals surface area (Å²) in [4.78, 5) is 19.2. The van der Waals surface area contributed by atoms with E-state index >= 15 is 0 Å². The minimum atomic E-state index is -1.04. The van der Waals surface area contributed by atoms with Crippen LogP contribution < -0.4 is 0 Å². The molecular formula is C12H8N4O2. The summed E-state index contributed by atoms with van der Waals surface area (Å²) < 4.78 is 1.44. The van der Waals surface area contributed by atoms with Crippen LogP contribution in [-0.4, -0.2) is 30.7 Å². The Bertz CT molecular complexity index is 721. The van der Waals surface area contributed by atoms with Crippen molar-refractivity contribution in [3.63, 3.8) is 0 Å². The number of pyridine rings is 1. The minimum absolute atomic E-state index is 0.0857. The highest BCUT2D eigenvalue weighted by Crippen LogP contribution is 2.16. The second kappa shape index (κ2) is 3.92. The maximum Gasteiger partial charge on any atom is 0.341 e. The van der Waals surface area contributed by atoms with Gasteiger partial charge in [0.05, 0.1) is 11.9 Å². The van der Waals surface area contributed by atoms with E-state index < -0.39 is 5.97 Å². The maximum absolute atomic E-state index is 10.9. The summed E-state index contributed by atoms with van der Waals surface area (Å²) in [7, 11) is 0. The third-order valence-electron chi connectivity index (χ3n) is 2.55. The van der Waals surface area contributed by atoms with Gasteiger partial charge in [0.2, 0.25) is 0 Å². The van der Waals surface area contributed by atoms with Gasteiger partial charge in [0.25, 0.3) is 0 Å². The topological polar surface area (TPSA) is 80.4 Å². The molecule has 6 nitrogen and oxygen atoms in total. The van der Waals surface area contributed by atoms with Gasteiger partial charge in [0, 0.05) is 24.2 Å². The molecule has 0 spiro atoms. The van der Waals surface area contributed by atoms with Gasteiger partial charge in [0.1, 0.15) is 5.56 Å². The van der Waals surface area contributed by atoms with Crippen LogP contribution in [0.1, 0.15) is 10.4 Å². The fourth-order valence-corrected chi connectivity index (χ4v) is 1.69. The average Bonchev–Trinajstić information content (AvgIpc) is 2.82. The van der Waals surface area contributed by atoms with Crippen molar-refractivity contribution in [1.82, 2.24) is 19.6 Å². The van der Waals surface area contributed by atoms with E-state index in [1.165, 1.54) is 10.7 Å². The van der Waals surface area contributed by atoms with Crippen molar-refractivity contribution in [3.8, 4) is 11.3 Å². The Kier molecular flexibility index (Phi) is 2.26. The van der Waals surface area contributed by atoms with Crippen molar-refractivity contribution in [2.45, 2.75) is 0 Å². The lowest BCUT2D eigenvalue weighted by molar-refractivity contribution is 0.0699. The van der Waals surface area contributed by atoms with Gasteiger partial charge in [-0.25, -0.2) is 14.3 Å². The van der Waals surface area contributed by atoms with E-state index in [2.05, 4.69) is 15.1 Å². The lowest BCUT2D eigenvalue weighted by atomic mass is 10.2. The molecule has 6 heteroatoms. The summed E-state index contributed by atoms with van der Waals surface area (Å²) >= 11 is 0. The number of carboxylic acid groups (broad SMARTS) is 1. The van der Waals surface area contributed by atoms with Crippen molar-refractivity contribution >= 4 is 11.6 Å². The Hall–Kier alpha value is -2.76. The normalized spacial score (nSPS) is 10.7. The highest BCUT2D eigenvalue weighted by Gasteiger charge is 2.12. The van der Waals surface area contributed by atoms with Gasteiger partial charge in [-0.15, -0.1) is 0 Å². The molecule has 0 saturated heterocycles. The van der Waals surface area contributed by atoms with Gasteiger partial charge in [-0.3, -0.25) is 4.98 Å². The number of carboxylic acids is 1. The zero-order valence-electron chi connectivity index (χ0n) is 9.19. The van der Waals surface area contributed by atoms with Crippen molar-refractivity contribution < 1.29 is 9.90 Å². The van der Waals surface area contributed by atoms with Crippen LogP contribution in [-0.2, 0) is 0 Å². The number of hydrogen-bond donors (Lipinski definition) is 1. The molecule has 0 unspecified atom stereocenters. The molecule has 1 N–H and O–H groups in total. The van der Waals surface area contributed by atoms with Crippen LogP contribution >= 0.6 is 0 Å². The molecular weight excluding hydrogens is 232 g/mol. The first-order valence-corrected chi connectivity index (χ1v) is 5.24. The maximum atomic E-state index is 10.9. The minimum Gasteiger partial charge on any atom is -0.477 e. The van der Waals surface area contributed by atoms with Crippen LogP contribution in [0.2, 0.25) is 0 Å². The molecule has 3 aromatic rings. The van der Waals surface area contributed by atoms with Crippen LogP contribution in [0.25, 0.3) is 16.9 Å². The van der Waals surface area contributed by atoms with Crippen LogP contribution in [0, 0.1) is 0 Å². The van der Waals surface area contributed by atoms with Gasteiger partial charge < -0.3 is 5.11 Å². The molecule has 0 aliphatic carbocycles. The van der Waals surface area contributed by atoms with Crippen LogP contribution in [0.15, 0.2) is 43.0 Å². The predicted molar refractivity (Wildman–Crippen MR) is 63.2 cm³/mol. The molecule has 3 aromatic heterocycles. The van der Waals surface area contributed by atoms with Crippen LogP contribution in [0.4, 0.5) is 0 Å². The van der Waals surface area contributed by atoms with Crippen molar-refractivity contribution in [2.75, 3.05) is 0 Å². The Balaban J connectivity index is 2.16. The van der Waals surface area contributed by atoms with Crippen molar-refractivity contribution in [2.24, 2.45) is 0 Å². The Morgan fingerprint density at radius 3 is 2.83 bits per heavy atom. The van der Waals surface area contributed by atoms with Gasteiger partial charge in [-0.05, 0) is 12.1 Å². The summed E-state index contributed by atoms with van der Waals surface area (Å²) in [5, 5.41) is 12.9. The summed E-state index contributed by atoms with van der Waals surface area (Å²) in [5.41, 5.74) is 1.95. The Morgan fingerprint density at radius 1 is 1.22 bits per heavy atom. The summed E-state index contributed by atoms with van der Waals surface area (Å²) in [5.74, 6) is -1.04. The highest BCUT2D eigenvalue weighted by molar-refractivity contribution is 5.94. The first-order valence-electron chi connectivity index (χ1n) is 5.24. The van der Waals surface area contributed by atoms with E-state index in [9.17, 15) is 4.79 Å². The number of aromatic carboxylic acids is 1. The average molecular weight is 240 g/mol. The number of nitrogens with zero attached hydrogens (tertiary/aromatic N) is 4. The lowest BCUT2D eigenvalue weighted by Gasteiger charge is -2.00. The second-order valence-corrected chi connectivity index (χ2v) is 3.69. The molecule has 0 saturated carbocycles. The van der Waals surface area contributed by atoms with E-state index in [1.807, 2.05) is 18.2 Å². The summed E-state index contributed by atoms with van der Waals surface area (Å²) in [6.07, 6.45) is 6.26. The monoisotopic (exact) mass is 240 g/mol. The van der Waals surface area contributed by atoms with E-state index in [-0.39, 0.29) is 5.56 Å². The molecule has 88 valence electrons. The quantitative estimate of drug-likeness (QED) is 0.734. The molecule has 0 fully saturated rings. The molecule has 0 aromatic carbocycles. The zero-order valence-corrected chi connectivity index (χ0v) is 9.19. The molecule has 0 bridgehead atoms. The van der Waals surface area contributed by atoms with Crippen LogP contribution in [0.3, 0.4) is 0 Å². The molecule has 0 atom stereocenters. The first-order chi connectivity index (χ1) is 8.75. The zero-order chi connectivity index (χ0) is 12.5. The van der Waals surface area contributed by atoms with Gasteiger partial charge >= 0.3 is 5.97 Å². The second-order valence-electron chi connectivity index (χ2n) is 3.69. The predicted octanol–water partition coefficient (Wildman–Crippen LogP) is 1.49. The number of rotatable bonds is 2. The summed E-state index contributed by atoms with van der Waals surface area (Å²) in [6, 6.07) is 5.55. The van der Waals surface area contributed by atoms with E-state index in [0.29, 0.717) is 5.65 Å². The molecule has 3 heterocycles. The lowest BCUT2D eigenvalue weighted by Crippen LogP contribution is -1.98. The molecule has 0 aliphatic heterocycles. The van der Waals surface area contributed by atoms with Gasteiger partial charge in [-0.2, -0.15) is 5.10 Å². The SMILES string of the molecule is O=C(O)c1cnn2cc(-c3ccccn3)cnc12. The number of carbonyl (C=O) groups is 1. The third-order valence-corrected chi connectivity index (χ3v) is 2.55. The molecule has 0 amide bonds. The highest BCUT2D eigenvalue weighted by atomic mass is 16.4. The molecule has 0 radical (unpaired) electrons. The number of aromatic nitrogens is 4. The molecule has 3 rings (SSSR count). The van der Waals surface area contributed by atoms with Crippen LogP contribution in [0.5, 0.6) is 0 Å². The van der Waals surface area contributed by atoms with Crippen molar-refractivity contribution in [1.29, 1.82) is 0 Å². The van der Waals surface area contributed by atoms with E-state index in [1.54, 1.807) is 18.6 Å². The molecule has 18 heavy (non-hydrogen) atoms. The largest absolute Gasteiger partial charge is 0.477 e. The smallest absolute Gasteiger partial charge is 0.341 e. The van der Waals surface area contributed by atoms with Gasteiger partial charge in [-0.1, -0.05) is 6.07 Å².